The van der Waals surface area contributed by atoms with Crippen LogP contribution in [0.3, 0.4) is 0 Å². The Balaban J connectivity index is 1.55. The third kappa shape index (κ3) is 2.72. The van der Waals surface area contributed by atoms with Gasteiger partial charge in [0.2, 0.25) is 5.78 Å². The maximum atomic E-state index is 13.0. The quantitative estimate of drug-likeness (QED) is 0.491. The highest BCUT2D eigenvalue weighted by molar-refractivity contribution is 6.18. The maximum Gasteiger partial charge on any atom is 0.309 e. The zero-order chi connectivity index (χ0) is 21.1. The van der Waals surface area contributed by atoms with Crippen LogP contribution in [-0.2, 0) is 4.79 Å². The molecule has 0 spiro atoms. The van der Waals surface area contributed by atoms with Crippen molar-refractivity contribution in [1.82, 2.24) is 0 Å². The van der Waals surface area contributed by atoms with Crippen LogP contribution < -0.4 is 5.32 Å². The van der Waals surface area contributed by atoms with Crippen molar-refractivity contribution in [2.24, 2.45) is 34.5 Å². The number of Topliss-reactive ketones (excluding diaryl/α,β-unsaturated/α-hetero) is 1. The highest BCUT2D eigenvalue weighted by Crippen LogP contribution is 2.62. The Morgan fingerprint density at radius 3 is 2.73 bits per heavy atom. The number of hydrogen-bond acceptors (Lipinski definition) is 3. The predicted molar refractivity (Wildman–Crippen MR) is 117 cm³/mol. The van der Waals surface area contributed by atoms with Crippen LogP contribution in [-0.4, -0.2) is 16.9 Å². The minimum absolute atomic E-state index is 0.0130. The number of aliphatic carboxylic acids is 1. The number of carboxylic acid groups (broad SMARTS) is 1. The zero-order valence-electron chi connectivity index (χ0n) is 17.9. The van der Waals surface area contributed by atoms with Crippen molar-refractivity contribution in [1.29, 1.82) is 0 Å². The summed E-state index contributed by atoms with van der Waals surface area (Å²) in [5.41, 5.74) is 1.47. The molecule has 0 amide bonds. The highest BCUT2D eigenvalue weighted by atomic mass is 16.4. The van der Waals surface area contributed by atoms with E-state index >= 15 is 0 Å². The smallest absolute Gasteiger partial charge is 0.309 e. The van der Waals surface area contributed by atoms with Gasteiger partial charge in [0.25, 0.3) is 0 Å². The van der Waals surface area contributed by atoms with Crippen LogP contribution in [0.25, 0.3) is 0 Å². The zero-order valence-corrected chi connectivity index (χ0v) is 17.9. The first-order valence-corrected chi connectivity index (χ1v) is 11.4. The average molecular weight is 406 g/mol. The van der Waals surface area contributed by atoms with Crippen molar-refractivity contribution in [3.8, 4) is 0 Å². The fourth-order valence-corrected chi connectivity index (χ4v) is 7.08. The van der Waals surface area contributed by atoms with E-state index in [-0.39, 0.29) is 17.1 Å². The molecule has 0 aromatic heterocycles. The number of hydrogen-bond donors (Lipinski definition) is 2. The largest absolute Gasteiger partial charge is 0.481 e. The number of carbonyl (C=O) groups is 2. The SMILES string of the molecule is C[C@]12CC=CCC1CCC1C2CC[C@](C)(C(=O)O)C1C=C1Nc2ccccc2C1=O. The highest BCUT2D eigenvalue weighted by Gasteiger charge is 2.57. The Hall–Kier alpha value is -2.36. The molecule has 4 aliphatic rings. The van der Waals surface area contributed by atoms with Crippen molar-refractivity contribution in [2.75, 3.05) is 5.32 Å². The molecule has 4 heteroatoms. The first kappa shape index (κ1) is 19.6. The molecular formula is C26H31NO3. The molecule has 4 unspecified atom stereocenters. The maximum absolute atomic E-state index is 13.0. The van der Waals surface area contributed by atoms with Crippen molar-refractivity contribution in [3.63, 3.8) is 0 Å². The monoisotopic (exact) mass is 405 g/mol. The minimum Gasteiger partial charge on any atom is -0.481 e. The number of carbonyl (C=O) groups excluding carboxylic acids is 1. The van der Waals surface area contributed by atoms with Gasteiger partial charge < -0.3 is 10.4 Å². The number of benzene rings is 1. The fourth-order valence-electron chi connectivity index (χ4n) is 7.08. The Morgan fingerprint density at radius 1 is 1.17 bits per heavy atom. The molecule has 2 saturated carbocycles. The summed E-state index contributed by atoms with van der Waals surface area (Å²) in [6.07, 6.45) is 12.7. The summed E-state index contributed by atoms with van der Waals surface area (Å²) in [6.45, 7) is 4.33. The number of allylic oxidation sites excluding steroid dienone is 4. The summed E-state index contributed by atoms with van der Waals surface area (Å²) >= 11 is 0. The number of carboxylic acids is 1. The number of nitrogens with one attached hydrogen (secondary N) is 1. The second-order valence-electron chi connectivity index (χ2n) is 10.3. The van der Waals surface area contributed by atoms with Crippen molar-refractivity contribution >= 4 is 17.4 Å². The molecule has 30 heavy (non-hydrogen) atoms. The van der Waals surface area contributed by atoms with Gasteiger partial charge in [-0.1, -0.05) is 37.3 Å². The van der Waals surface area contributed by atoms with E-state index in [0.717, 1.165) is 37.8 Å². The van der Waals surface area contributed by atoms with Crippen LogP contribution in [0.4, 0.5) is 5.69 Å². The van der Waals surface area contributed by atoms with E-state index in [1.807, 2.05) is 37.3 Å². The molecule has 2 fully saturated rings. The summed E-state index contributed by atoms with van der Waals surface area (Å²) in [6, 6.07) is 7.54. The number of para-hydroxylation sites is 1. The topological polar surface area (TPSA) is 66.4 Å². The third-order valence-corrected chi connectivity index (χ3v) is 8.98. The lowest BCUT2D eigenvalue weighted by atomic mass is 9.45. The van der Waals surface area contributed by atoms with Gasteiger partial charge >= 0.3 is 5.97 Å². The molecular weight excluding hydrogens is 374 g/mol. The second-order valence-corrected chi connectivity index (χ2v) is 10.3. The number of rotatable bonds is 2. The van der Waals surface area contributed by atoms with Crippen LogP contribution in [0, 0.1) is 34.5 Å². The normalized spacial score (nSPS) is 41.0. The van der Waals surface area contributed by atoms with Gasteiger partial charge in [-0.2, -0.15) is 0 Å². The van der Waals surface area contributed by atoms with E-state index in [0.29, 0.717) is 35.4 Å². The van der Waals surface area contributed by atoms with Gasteiger partial charge in [0.15, 0.2) is 0 Å². The van der Waals surface area contributed by atoms with Gasteiger partial charge in [0.05, 0.1) is 11.1 Å². The van der Waals surface area contributed by atoms with E-state index in [1.54, 1.807) is 0 Å². The molecule has 158 valence electrons. The molecule has 5 rings (SSSR count). The van der Waals surface area contributed by atoms with Crippen molar-refractivity contribution in [2.45, 2.75) is 52.4 Å². The van der Waals surface area contributed by atoms with Gasteiger partial charge in [-0.15, -0.1) is 0 Å². The molecule has 4 nitrogen and oxygen atoms in total. The molecule has 3 aliphatic carbocycles. The van der Waals surface area contributed by atoms with Crippen molar-refractivity contribution < 1.29 is 14.7 Å². The van der Waals surface area contributed by atoms with Crippen LogP contribution in [0.5, 0.6) is 0 Å². The molecule has 6 atom stereocenters. The number of ketones is 1. The van der Waals surface area contributed by atoms with Gasteiger partial charge in [0.1, 0.15) is 0 Å². The summed E-state index contributed by atoms with van der Waals surface area (Å²) in [7, 11) is 0. The van der Waals surface area contributed by atoms with E-state index in [1.165, 1.54) is 0 Å². The lowest BCUT2D eigenvalue weighted by Crippen LogP contribution is -2.54. The molecule has 1 heterocycles. The summed E-state index contributed by atoms with van der Waals surface area (Å²) in [5.74, 6) is 0.621. The fraction of sp³-hybridized carbons (Fsp3) is 0.538. The van der Waals surface area contributed by atoms with E-state index < -0.39 is 11.4 Å². The van der Waals surface area contributed by atoms with Gasteiger partial charge in [0, 0.05) is 11.3 Å². The Morgan fingerprint density at radius 2 is 1.97 bits per heavy atom. The standard InChI is InChI=1S/C26H31NO3/c1-25-13-6-5-7-16(25)10-11-17-19(25)12-14-26(2,24(29)30)20(17)15-22-23(28)18-8-3-4-9-21(18)27-22/h3-6,8-9,15-17,19-20,27H,7,10-14H2,1-2H3,(H,29,30)/t16?,17?,19?,20?,25-,26-/m0/s1. The van der Waals surface area contributed by atoms with E-state index in [2.05, 4.69) is 24.4 Å². The van der Waals surface area contributed by atoms with Gasteiger partial charge in [-0.05, 0) is 86.7 Å². The molecule has 1 aromatic carbocycles. The Kier molecular flexibility index (Phi) is 4.46. The van der Waals surface area contributed by atoms with Crippen LogP contribution in [0.15, 0.2) is 48.2 Å². The Labute approximate surface area is 178 Å². The van der Waals surface area contributed by atoms with Gasteiger partial charge in [-0.3, -0.25) is 9.59 Å². The van der Waals surface area contributed by atoms with E-state index in [9.17, 15) is 14.7 Å². The van der Waals surface area contributed by atoms with Crippen LogP contribution >= 0.6 is 0 Å². The van der Waals surface area contributed by atoms with E-state index in [4.69, 9.17) is 0 Å². The number of anilines is 1. The van der Waals surface area contributed by atoms with Crippen LogP contribution in [0.2, 0.25) is 0 Å². The lowest BCUT2D eigenvalue weighted by molar-refractivity contribution is -0.161. The molecule has 0 radical (unpaired) electrons. The molecule has 2 N–H and O–H groups in total. The minimum atomic E-state index is -0.835. The summed E-state index contributed by atoms with van der Waals surface area (Å²) < 4.78 is 0. The summed E-state index contributed by atoms with van der Waals surface area (Å²) in [5, 5.41) is 13.5. The molecule has 1 aromatic rings. The molecule has 1 aliphatic heterocycles. The first-order chi connectivity index (χ1) is 14.3. The second kappa shape index (κ2) is 6.83. The third-order valence-electron chi connectivity index (χ3n) is 8.98. The lowest BCUT2D eigenvalue weighted by Gasteiger charge is -2.59. The molecule has 0 bridgehead atoms. The first-order valence-electron chi connectivity index (χ1n) is 11.4. The summed E-state index contributed by atoms with van der Waals surface area (Å²) in [4.78, 5) is 25.5. The number of fused-ring (bicyclic) bond motifs is 4. The predicted octanol–water partition coefficient (Wildman–Crippen LogP) is 5.68. The van der Waals surface area contributed by atoms with Crippen molar-refractivity contribution in [3.05, 3.63) is 53.8 Å². The van der Waals surface area contributed by atoms with Gasteiger partial charge in [-0.25, -0.2) is 0 Å². The Bertz CT molecular complexity index is 963. The average Bonchev–Trinajstić information content (AvgIpc) is 3.05. The van der Waals surface area contributed by atoms with Crippen LogP contribution in [0.1, 0.15) is 62.7 Å². The molecule has 0 saturated heterocycles.